The lowest BCUT2D eigenvalue weighted by Crippen LogP contribution is -1.93. The van der Waals surface area contributed by atoms with Crippen LogP contribution in [0, 0.1) is 3.57 Å². The summed E-state index contributed by atoms with van der Waals surface area (Å²) in [5, 5.41) is 9.06. The van der Waals surface area contributed by atoms with Crippen molar-refractivity contribution >= 4 is 38.5 Å². The number of hydrogen-bond acceptors (Lipinski definition) is 2. The van der Waals surface area contributed by atoms with E-state index in [0.717, 1.165) is 6.20 Å². The molecule has 6 heteroatoms. The molecule has 0 saturated heterocycles. The maximum absolute atomic E-state index is 12.2. The lowest BCUT2D eigenvalue weighted by atomic mass is 10.3. The minimum atomic E-state index is -2.63. The van der Waals surface area contributed by atoms with Gasteiger partial charge < -0.3 is 5.11 Å². The first kappa shape index (κ1) is 10.1. The average Bonchev–Trinajstić information content (AvgIpc) is 2.00. The average molecular weight is 350 g/mol. The monoisotopic (exact) mass is 349 g/mol. The number of pyridine rings is 1. The maximum atomic E-state index is 12.2. The molecule has 1 aromatic rings. The van der Waals surface area contributed by atoms with Gasteiger partial charge in [-0.15, -0.1) is 0 Å². The largest absolute Gasteiger partial charge is 0.505 e. The highest BCUT2D eigenvalue weighted by molar-refractivity contribution is 14.1. The second-order valence-corrected chi connectivity index (χ2v) is 3.83. The van der Waals surface area contributed by atoms with Crippen LogP contribution in [0.15, 0.2) is 10.7 Å². The first-order valence-electron chi connectivity index (χ1n) is 2.85. The van der Waals surface area contributed by atoms with Crippen molar-refractivity contribution in [2.24, 2.45) is 0 Å². The Kier molecular flexibility index (Phi) is 3.22. The molecule has 0 saturated carbocycles. The molecular weight excluding hydrogens is 347 g/mol. The molecule has 66 valence electrons. The molecule has 0 aliphatic rings. The molecule has 0 spiro atoms. The fraction of sp³-hybridized carbons (Fsp3) is 0.167. The molecule has 0 amide bonds. The molecule has 2 nitrogen and oxygen atoms in total. The highest BCUT2D eigenvalue weighted by Gasteiger charge is 2.17. The molecule has 1 heterocycles. The number of nitrogens with zero attached hydrogens (tertiary/aromatic N) is 1. The van der Waals surface area contributed by atoms with Crippen LogP contribution in [0.5, 0.6) is 5.75 Å². The third kappa shape index (κ3) is 1.85. The van der Waals surface area contributed by atoms with E-state index < -0.39 is 6.43 Å². The van der Waals surface area contributed by atoms with Crippen LogP contribution in [0.2, 0.25) is 0 Å². The summed E-state index contributed by atoms with van der Waals surface area (Å²) >= 11 is 4.68. The topological polar surface area (TPSA) is 33.1 Å². The lowest BCUT2D eigenvalue weighted by Gasteiger charge is -2.04. The molecule has 0 bridgehead atoms. The summed E-state index contributed by atoms with van der Waals surface area (Å²) in [6.45, 7) is 0. The first-order chi connectivity index (χ1) is 5.54. The fourth-order valence-electron chi connectivity index (χ4n) is 0.621. The molecule has 0 unspecified atom stereocenters. The van der Waals surface area contributed by atoms with Gasteiger partial charge in [-0.25, -0.2) is 8.78 Å². The van der Waals surface area contributed by atoms with E-state index >= 15 is 0 Å². The number of aromatic nitrogens is 1. The maximum Gasteiger partial charge on any atom is 0.281 e. The summed E-state index contributed by atoms with van der Waals surface area (Å²) in [5.74, 6) is -0.105. The summed E-state index contributed by atoms with van der Waals surface area (Å²) < 4.78 is 24.8. The van der Waals surface area contributed by atoms with Crippen LogP contribution in [0.4, 0.5) is 8.78 Å². The smallest absolute Gasteiger partial charge is 0.281 e. The van der Waals surface area contributed by atoms with Crippen LogP contribution in [0.1, 0.15) is 12.1 Å². The van der Waals surface area contributed by atoms with E-state index in [0.29, 0.717) is 3.57 Å². The Bertz CT molecular complexity index is 308. The van der Waals surface area contributed by atoms with Crippen molar-refractivity contribution in [1.29, 1.82) is 0 Å². The van der Waals surface area contributed by atoms with Crippen molar-refractivity contribution in [3.63, 3.8) is 0 Å². The molecule has 1 aromatic heterocycles. The van der Waals surface area contributed by atoms with Crippen LogP contribution in [-0.4, -0.2) is 10.1 Å². The molecule has 0 atom stereocenters. The van der Waals surface area contributed by atoms with Crippen LogP contribution in [-0.2, 0) is 0 Å². The standard InChI is InChI=1S/C6H3BrF2INO/c7-3-4(10)2(12)1-11-5(3)6(8)9/h1,6,12H. The Morgan fingerprint density at radius 1 is 1.58 bits per heavy atom. The second kappa shape index (κ2) is 3.82. The van der Waals surface area contributed by atoms with Gasteiger partial charge in [0.1, 0.15) is 11.4 Å². The highest BCUT2D eigenvalue weighted by atomic mass is 127. The fourth-order valence-corrected chi connectivity index (χ4v) is 1.52. The van der Waals surface area contributed by atoms with Crippen LogP contribution >= 0.6 is 38.5 Å². The van der Waals surface area contributed by atoms with E-state index in [4.69, 9.17) is 5.11 Å². The predicted octanol–water partition coefficient (Wildman–Crippen LogP) is 3.09. The van der Waals surface area contributed by atoms with Crippen molar-refractivity contribution in [2.75, 3.05) is 0 Å². The molecule has 0 aromatic carbocycles. The Morgan fingerprint density at radius 2 is 2.17 bits per heavy atom. The van der Waals surface area contributed by atoms with Gasteiger partial charge >= 0.3 is 0 Å². The number of aromatic hydroxyl groups is 1. The van der Waals surface area contributed by atoms with Crippen molar-refractivity contribution in [3.05, 3.63) is 19.9 Å². The zero-order chi connectivity index (χ0) is 9.30. The van der Waals surface area contributed by atoms with E-state index in [1.54, 1.807) is 22.6 Å². The Labute approximate surface area is 89.3 Å². The number of hydrogen-bond donors (Lipinski definition) is 1. The summed E-state index contributed by atoms with van der Waals surface area (Å²) in [7, 11) is 0. The zero-order valence-electron chi connectivity index (χ0n) is 5.56. The molecule has 1 N–H and O–H groups in total. The van der Waals surface area contributed by atoms with Crippen molar-refractivity contribution < 1.29 is 13.9 Å². The van der Waals surface area contributed by atoms with Gasteiger partial charge in [0, 0.05) is 0 Å². The van der Waals surface area contributed by atoms with Gasteiger partial charge in [-0.3, -0.25) is 4.98 Å². The van der Waals surface area contributed by atoms with E-state index in [2.05, 4.69) is 20.9 Å². The quantitative estimate of drug-likeness (QED) is 0.790. The van der Waals surface area contributed by atoms with Gasteiger partial charge in [-0.2, -0.15) is 0 Å². The van der Waals surface area contributed by atoms with Crippen LogP contribution in [0.3, 0.4) is 0 Å². The van der Waals surface area contributed by atoms with Crippen molar-refractivity contribution in [2.45, 2.75) is 6.43 Å². The first-order valence-corrected chi connectivity index (χ1v) is 4.72. The molecule has 0 aliphatic heterocycles. The Morgan fingerprint density at radius 3 is 2.67 bits per heavy atom. The number of halogens is 4. The van der Waals surface area contributed by atoms with Crippen molar-refractivity contribution in [3.8, 4) is 5.75 Å². The number of alkyl halides is 2. The van der Waals surface area contributed by atoms with Gasteiger partial charge in [-0.05, 0) is 38.5 Å². The zero-order valence-corrected chi connectivity index (χ0v) is 9.30. The molecule has 1 rings (SSSR count). The van der Waals surface area contributed by atoms with Gasteiger partial charge in [0.05, 0.1) is 14.2 Å². The lowest BCUT2D eigenvalue weighted by molar-refractivity contribution is 0.145. The highest BCUT2D eigenvalue weighted by Crippen LogP contribution is 2.33. The summed E-state index contributed by atoms with van der Waals surface area (Å²) in [6.07, 6.45) is -1.62. The normalized spacial score (nSPS) is 10.8. The van der Waals surface area contributed by atoms with E-state index in [1.807, 2.05) is 0 Å². The van der Waals surface area contributed by atoms with Crippen LogP contribution in [0.25, 0.3) is 0 Å². The Balaban J connectivity index is 3.27. The summed E-state index contributed by atoms with van der Waals surface area (Å²) in [4.78, 5) is 3.39. The van der Waals surface area contributed by atoms with Gasteiger partial charge in [-0.1, -0.05) is 0 Å². The third-order valence-corrected chi connectivity index (χ3v) is 3.81. The number of rotatable bonds is 1. The molecular formula is C6H3BrF2INO. The molecule has 12 heavy (non-hydrogen) atoms. The molecule has 0 fully saturated rings. The van der Waals surface area contributed by atoms with Crippen LogP contribution < -0.4 is 0 Å². The molecule has 0 radical (unpaired) electrons. The minimum Gasteiger partial charge on any atom is -0.505 e. The van der Waals surface area contributed by atoms with E-state index in [1.165, 1.54) is 0 Å². The van der Waals surface area contributed by atoms with Gasteiger partial charge in [0.15, 0.2) is 0 Å². The van der Waals surface area contributed by atoms with Gasteiger partial charge in [0.25, 0.3) is 6.43 Å². The minimum absolute atomic E-state index is 0.105. The summed E-state index contributed by atoms with van der Waals surface area (Å²) in [5.41, 5.74) is -0.350. The Hall–Kier alpha value is 0.0200. The van der Waals surface area contributed by atoms with Crippen molar-refractivity contribution in [1.82, 2.24) is 4.98 Å². The predicted molar refractivity (Wildman–Crippen MR) is 51.3 cm³/mol. The SMILES string of the molecule is Oc1cnc(C(F)F)c(Br)c1I. The second-order valence-electron chi connectivity index (χ2n) is 1.96. The third-order valence-electron chi connectivity index (χ3n) is 1.18. The van der Waals surface area contributed by atoms with Gasteiger partial charge in [0.2, 0.25) is 0 Å². The molecule has 0 aliphatic carbocycles. The van der Waals surface area contributed by atoms with E-state index in [9.17, 15) is 8.78 Å². The summed E-state index contributed by atoms with van der Waals surface area (Å²) in [6, 6.07) is 0. The van der Waals surface area contributed by atoms with E-state index in [-0.39, 0.29) is 15.9 Å².